The van der Waals surface area contributed by atoms with Gasteiger partial charge in [-0.05, 0) is 62.2 Å². The lowest BCUT2D eigenvalue weighted by atomic mass is 10.2. The number of aryl methyl sites for hydroxylation is 4. The zero-order valence-electron chi connectivity index (χ0n) is 22.0. The predicted molar refractivity (Wildman–Crippen MR) is 153 cm³/mol. The first-order chi connectivity index (χ1) is 17.9. The zero-order valence-corrected chi connectivity index (χ0v) is 24.5. The van der Waals surface area contributed by atoms with Gasteiger partial charge in [0.2, 0.25) is 11.8 Å². The number of halogens is 1. The maximum Gasteiger partial charge on any atom is 0.232 e. The van der Waals surface area contributed by atoms with E-state index in [1.807, 2.05) is 6.07 Å². The molecule has 2 heterocycles. The fraction of sp³-hybridized carbons (Fsp3) is 0.414. The quantitative estimate of drug-likeness (QED) is 0.416. The molecule has 0 aliphatic carbocycles. The summed E-state index contributed by atoms with van der Waals surface area (Å²) in [7, 11) is -0.927. The fourth-order valence-electron chi connectivity index (χ4n) is 4.33. The van der Waals surface area contributed by atoms with E-state index in [9.17, 15) is 0 Å². The van der Waals surface area contributed by atoms with E-state index in [1.54, 1.807) is 0 Å². The van der Waals surface area contributed by atoms with Crippen molar-refractivity contribution in [3.8, 4) is 11.8 Å². The molecule has 6 nitrogen and oxygen atoms in total. The van der Waals surface area contributed by atoms with Gasteiger partial charge in [-0.25, -0.2) is 0 Å². The van der Waals surface area contributed by atoms with Crippen LogP contribution in [0.2, 0.25) is 0 Å². The summed E-state index contributed by atoms with van der Waals surface area (Å²) in [5.41, 5.74) is 4.96. The van der Waals surface area contributed by atoms with Crippen LogP contribution in [0.3, 0.4) is 0 Å². The summed E-state index contributed by atoms with van der Waals surface area (Å²) in [5.74, 6) is 1.02. The highest BCUT2D eigenvalue weighted by Crippen LogP contribution is 2.40. The summed E-state index contributed by atoms with van der Waals surface area (Å²) in [4.78, 5) is 4.69. The summed E-state index contributed by atoms with van der Waals surface area (Å²) in [6.45, 7) is 12.3. The van der Waals surface area contributed by atoms with Gasteiger partial charge in [-0.2, -0.15) is 4.98 Å². The second-order valence-electron chi connectivity index (χ2n) is 9.16. The number of fused-ring (bicyclic) bond motifs is 2. The van der Waals surface area contributed by atoms with E-state index in [-0.39, 0.29) is 0 Å². The lowest BCUT2D eigenvalue weighted by molar-refractivity contribution is 0.00347. The van der Waals surface area contributed by atoms with Crippen molar-refractivity contribution in [2.75, 3.05) is 52.9 Å². The molecule has 198 valence electrons. The van der Waals surface area contributed by atoms with E-state index in [1.165, 1.54) is 32.9 Å². The smallest absolute Gasteiger partial charge is 0.232 e. The zero-order chi connectivity index (χ0) is 26.2. The van der Waals surface area contributed by atoms with Crippen molar-refractivity contribution < 1.29 is 23.7 Å². The largest absolute Gasteiger partial charge is 0.475 e. The Bertz CT molecular complexity index is 1110. The average Bonchev–Trinajstić information content (AvgIpc) is 2.82. The normalized spacial score (nSPS) is 15.7. The lowest BCUT2D eigenvalue weighted by Gasteiger charge is -2.24. The van der Waals surface area contributed by atoms with Gasteiger partial charge in [-0.3, -0.25) is 0 Å². The number of aromatic nitrogens is 1. The minimum Gasteiger partial charge on any atom is -0.475 e. The Hall–Kier alpha value is -2.02. The second kappa shape index (κ2) is 13.7. The maximum absolute atomic E-state index is 6.11. The summed E-state index contributed by atoms with van der Waals surface area (Å²) in [6, 6.07) is 15.6. The first-order valence-electron chi connectivity index (χ1n) is 12.6. The Morgan fingerprint density at radius 1 is 0.595 bits per heavy atom. The second-order valence-corrected chi connectivity index (χ2v) is 12.1. The number of benzene rings is 2. The number of nitrogens with zero attached hydrogens (tertiary/aromatic N) is 1. The Kier molecular flexibility index (Phi) is 10.4. The van der Waals surface area contributed by atoms with Gasteiger partial charge in [0.1, 0.15) is 13.2 Å². The number of pyridine rings is 1. The molecule has 37 heavy (non-hydrogen) atoms. The molecule has 0 saturated heterocycles. The van der Waals surface area contributed by atoms with Gasteiger partial charge in [0.25, 0.3) is 0 Å². The highest BCUT2D eigenvalue weighted by Gasteiger charge is 2.25. The molecule has 2 bridgehead atoms. The van der Waals surface area contributed by atoms with Crippen molar-refractivity contribution in [1.29, 1.82) is 0 Å². The van der Waals surface area contributed by atoms with Gasteiger partial charge in [0, 0.05) is 11.4 Å². The lowest BCUT2D eigenvalue weighted by Crippen LogP contribution is -2.24. The van der Waals surface area contributed by atoms with Gasteiger partial charge in [-0.15, -0.1) is 0 Å². The SMILES string of the molecule is Cc1cc(C)cc(P(c2cc(C)cc(C)c2)c2cc3nc(c2Br)OCCOCCOCCOCCO3)c1. The fourth-order valence-corrected chi connectivity index (χ4v) is 7.90. The molecule has 1 aliphatic rings. The number of hydrogen-bond donors (Lipinski definition) is 0. The topological polar surface area (TPSA) is 59.0 Å². The third-order valence-corrected chi connectivity index (χ3v) is 9.20. The Morgan fingerprint density at radius 2 is 1.03 bits per heavy atom. The molecule has 0 fully saturated rings. The Labute approximate surface area is 229 Å². The first kappa shape index (κ1) is 28.0. The van der Waals surface area contributed by atoms with E-state index >= 15 is 0 Å². The highest BCUT2D eigenvalue weighted by molar-refractivity contribution is 9.10. The third-order valence-electron chi connectivity index (χ3n) is 5.74. The average molecular weight is 588 g/mol. The molecule has 1 aromatic heterocycles. The van der Waals surface area contributed by atoms with E-state index < -0.39 is 7.92 Å². The van der Waals surface area contributed by atoms with Crippen LogP contribution in [0.25, 0.3) is 0 Å². The molecular formula is C29H35BrNO5P. The van der Waals surface area contributed by atoms with E-state index in [4.69, 9.17) is 23.7 Å². The van der Waals surface area contributed by atoms with E-state index in [0.717, 1.165) is 9.78 Å². The van der Waals surface area contributed by atoms with Gasteiger partial charge in [0.15, 0.2) is 0 Å². The third kappa shape index (κ3) is 7.98. The minimum atomic E-state index is -0.927. The van der Waals surface area contributed by atoms with Crippen LogP contribution in [0.4, 0.5) is 0 Å². The Balaban J connectivity index is 1.80. The molecule has 0 atom stereocenters. The first-order valence-corrected chi connectivity index (χ1v) is 14.7. The molecule has 0 amide bonds. The molecule has 0 unspecified atom stereocenters. The summed E-state index contributed by atoms with van der Waals surface area (Å²) >= 11 is 3.86. The van der Waals surface area contributed by atoms with Crippen molar-refractivity contribution >= 4 is 39.8 Å². The van der Waals surface area contributed by atoms with Crippen LogP contribution in [0, 0.1) is 27.7 Å². The molecule has 8 heteroatoms. The van der Waals surface area contributed by atoms with Gasteiger partial charge in [-0.1, -0.05) is 58.7 Å². The van der Waals surface area contributed by atoms with Crippen molar-refractivity contribution in [3.63, 3.8) is 0 Å². The van der Waals surface area contributed by atoms with Crippen LogP contribution in [0.5, 0.6) is 11.8 Å². The summed E-state index contributed by atoms with van der Waals surface area (Å²) in [5, 5.41) is 3.64. The molecular weight excluding hydrogens is 553 g/mol. The minimum absolute atomic E-state index is 0.378. The van der Waals surface area contributed by atoms with Crippen molar-refractivity contribution in [3.05, 3.63) is 69.2 Å². The molecule has 4 rings (SSSR count). The van der Waals surface area contributed by atoms with Crippen LogP contribution < -0.4 is 25.4 Å². The van der Waals surface area contributed by atoms with Crippen molar-refractivity contribution in [2.24, 2.45) is 0 Å². The number of rotatable bonds is 3. The van der Waals surface area contributed by atoms with Crippen LogP contribution in [0.15, 0.2) is 46.9 Å². The van der Waals surface area contributed by atoms with Crippen LogP contribution in [-0.4, -0.2) is 57.8 Å². The highest BCUT2D eigenvalue weighted by atomic mass is 79.9. The summed E-state index contributed by atoms with van der Waals surface area (Å²) < 4.78 is 29.8. The standard InChI is InChI=1S/C29H35BrNO5P/c1-20-13-21(2)16-24(15-20)37(25-17-22(3)14-23(4)18-25)26-19-27-31-29(28(26)30)36-12-10-34-8-6-32-5-7-33-9-11-35-27/h13-19H,5-12H2,1-4H3. The van der Waals surface area contributed by atoms with Crippen LogP contribution in [0.1, 0.15) is 22.3 Å². The summed E-state index contributed by atoms with van der Waals surface area (Å²) in [6.07, 6.45) is 0. The van der Waals surface area contributed by atoms with Gasteiger partial charge >= 0.3 is 0 Å². The maximum atomic E-state index is 6.11. The molecule has 0 N–H and O–H groups in total. The van der Waals surface area contributed by atoms with Crippen molar-refractivity contribution in [2.45, 2.75) is 27.7 Å². The molecule has 1 aliphatic heterocycles. The van der Waals surface area contributed by atoms with Crippen LogP contribution >= 0.6 is 23.9 Å². The Morgan fingerprint density at radius 3 is 1.51 bits per heavy atom. The monoisotopic (exact) mass is 587 g/mol. The molecule has 2 aromatic carbocycles. The number of hydrogen-bond acceptors (Lipinski definition) is 6. The van der Waals surface area contributed by atoms with E-state index in [0.29, 0.717) is 64.6 Å². The number of ether oxygens (including phenoxy) is 5. The molecule has 0 radical (unpaired) electrons. The van der Waals surface area contributed by atoms with Gasteiger partial charge < -0.3 is 23.7 Å². The van der Waals surface area contributed by atoms with Gasteiger partial charge in [0.05, 0.1) is 44.1 Å². The van der Waals surface area contributed by atoms with Crippen molar-refractivity contribution in [1.82, 2.24) is 4.98 Å². The van der Waals surface area contributed by atoms with Crippen LogP contribution in [-0.2, 0) is 14.2 Å². The molecule has 0 saturated carbocycles. The van der Waals surface area contributed by atoms with E-state index in [2.05, 4.69) is 85.0 Å². The molecule has 0 spiro atoms. The molecule has 3 aromatic rings. The predicted octanol–water partition coefficient (Wildman–Crippen LogP) is 4.66.